The van der Waals surface area contributed by atoms with E-state index in [-0.39, 0.29) is 0 Å². The molecule has 1 N–H and O–H groups in total. The molecule has 0 aliphatic heterocycles. The number of anilines is 2. The fraction of sp³-hybridized carbons (Fsp3) is 0.115. The number of benzene rings is 1. The number of imidazole rings is 1. The second-order valence-corrected chi connectivity index (χ2v) is 8.15. The molecule has 6 rings (SSSR count). The van der Waals surface area contributed by atoms with Crippen molar-refractivity contribution in [1.82, 2.24) is 19.5 Å². The van der Waals surface area contributed by atoms with Crippen LogP contribution in [-0.2, 0) is 14.1 Å². The van der Waals surface area contributed by atoms with Crippen molar-refractivity contribution in [1.29, 1.82) is 0 Å². The quantitative estimate of drug-likeness (QED) is 0.361. The molecule has 0 aliphatic rings. The Hall–Kier alpha value is -4.59. The SMILES string of the molecule is Cn1cc(-c2cccc(N(CC=Cc3coc4ocnc34)c3ccccc3)n2)c2[nH]c[n+](C)c21. The Morgan fingerprint density at radius 2 is 2.00 bits per heavy atom. The van der Waals surface area contributed by atoms with Gasteiger partial charge in [-0.25, -0.2) is 14.5 Å². The number of H-pyrrole nitrogens is 1. The summed E-state index contributed by atoms with van der Waals surface area (Å²) in [6.07, 6.45) is 11.2. The first-order valence-electron chi connectivity index (χ1n) is 11.0. The molecular formula is C26H23N6O2+. The lowest BCUT2D eigenvalue weighted by Gasteiger charge is -2.23. The van der Waals surface area contributed by atoms with Crippen LogP contribution in [0.25, 0.3) is 39.8 Å². The molecule has 1 aromatic carbocycles. The van der Waals surface area contributed by atoms with E-state index < -0.39 is 0 Å². The number of fused-ring (bicyclic) bond motifs is 2. The molecular weight excluding hydrogens is 428 g/mol. The molecule has 0 amide bonds. The van der Waals surface area contributed by atoms with Gasteiger partial charge in [-0.05, 0) is 24.3 Å². The van der Waals surface area contributed by atoms with Crippen molar-refractivity contribution >= 4 is 40.0 Å². The molecule has 8 nitrogen and oxygen atoms in total. The Labute approximate surface area is 195 Å². The van der Waals surface area contributed by atoms with Crippen molar-refractivity contribution in [2.45, 2.75) is 0 Å². The van der Waals surface area contributed by atoms with Crippen LogP contribution in [0, 0.1) is 0 Å². The first-order chi connectivity index (χ1) is 16.7. The van der Waals surface area contributed by atoms with Gasteiger partial charge in [0.2, 0.25) is 0 Å². The van der Waals surface area contributed by atoms with Crippen LogP contribution in [0.1, 0.15) is 5.56 Å². The number of aromatic nitrogens is 5. The molecule has 0 unspecified atom stereocenters. The van der Waals surface area contributed by atoms with Crippen molar-refractivity contribution in [3.63, 3.8) is 0 Å². The number of furan rings is 1. The highest BCUT2D eigenvalue weighted by molar-refractivity contribution is 5.88. The summed E-state index contributed by atoms with van der Waals surface area (Å²) in [5.41, 5.74) is 6.81. The number of oxazole rings is 1. The van der Waals surface area contributed by atoms with Crippen molar-refractivity contribution < 1.29 is 13.4 Å². The van der Waals surface area contributed by atoms with Crippen LogP contribution in [0.4, 0.5) is 11.5 Å². The summed E-state index contributed by atoms with van der Waals surface area (Å²) in [5.74, 6) is 1.29. The normalized spacial score (nSPS) is 11.8. The molecule has 0 saturated heterocycles. The number of aromatic amines is 1. The highest BCUT2D eigenvalue weighted by Crippen LogP contribution is 2.30. The molecule has 0 spiro atoms. The first kappa shape index (κ1) is 20.0. The van der Waals surface area contributed by atoms with Crippen LogP contribution in [0.2, 0.25) is 0 Å². The van der Waals surface area contributed by atoms with Crippen molar-refractivity contribution in [3.8, 4) is 11.3 Å². The summed E-state index contributed by atoms with van der Waals surface area (Å²) in [7, 11) is 4.08. The number of para-hydroxylation sites is 1. The van der Waals surface area contributed by atoms with E-state index in [2.05, 4.69) is 48.4 Å². The fourth-order valence-electron chi connectivity index (χ4n) is 4.35. The largest absolute Gasteiger partial charge is 0.432 e. The first-order valence-corrected chi connectivity index (χ1v) is 11.0. The lowest BCUT2D eigenvalue weighted by Crippen LogP contribution is -2.26. The minimum atomic E-state index is 0.431. The van der Waals surface area contributed by atoms with E-state index >= 15 is 0 Å². The summed E-state index contributed by atoms with van der Waals surface area (Å²) in [5, 5.41) is 0. The smallest absolute Gasteiger partial charge is 0.318 e. The van der Waals surface area contributed by atoms with Gasteiger partial charge in [-0.1, -0.05) is 36.4 Å². The van der Waals surface area contributed by atoms with E-state index in [1.165, 1.54) is 6.39 Å². The summed E-state index contributed by atoms with van der Waals surface area (Å²) in [6.45, 7) is 0.618. The molecule has 5 heterocycles. The highest BCUT2D eigenvalue weighted by atomic mass is 16.5. The zero-order valence-electron chi connectivity index (χ0n) is 18.8. The molecule has 6 aromatic rings. The number of hydrogen-bond acceptors (Lipinski definition) is 5. The number of nitrogens with one attached hydrogen (secondary N) is 1. The predicted molar refractivity (Wildman–Crippen MR) is 130 cm³/mol. The predicted octanol–water partition coefficient (Wildman–Crippen LogP) is 4.98. The van der Waals surface area contributed by atoms with Gasteiger partial charge in [0.25, 0.3) is 5.65 Å². The molecule has 0 saturated carbocycles. The van der Waals surface area contributed by atoms with E-state index in [9.17, 15) is 0 Å². The van der Waals surface area contributed by atoms with Gasteiger partial charge in [0.05, 0.1) is 31.5 Å². The average Bonchev–Trinajstić information content (AvgIpc) is 3.63. The number of nitrogens with zero attached hydrogens (tertiary/aromatic N) is 5. The van der Waals surface area contributed by atoms with Crippen molar-refractivity contribution in [2.75, 3.05) is 11.4 Å². The van der Waals surface area contributed by atoms with E-state index in [1.54, 1.807) is 6.26 Å². The molecule has 5 aromatic heterocycles. The Morgan fingerprint density at radius 3 is 2.88 bits per heavy atom. The highest BCUT2D eigenvalue weighted by Gasteiger charge is 2.20. The van der Waals surface area contributed by atoms with Gasteiger partial charge >= 0.3 is 5.78 Å². The van der Waals surface area contributed by atoms with Gasteiger partial charge in [-0.3, -0.25) is 9.55 Å². The van der Waals surface area contributed by atoms with Gasteiger partial charge < -0.3 is 13.7 Å². The van der Waals surface area contributed by atoms with Crippen LogP contribution < -0.4 is 9.47 Å². The van der Waals surface area contributed by atoms with Crippen LogP contribution in [-0.4, -0.2) is 26.1 Å². The summed E-state index contributed by atoms with van der Waals surface area (Å²) in [4.78, 5) is 14.8. The van der Waals surface area contributed by atoms with E-state index in [0.717, 1.165) is 45.0 Å². The lowest BCUT2D eigenvalue weighted by atomic mass is 10.2. The molecule has 8 heteroatoms. The van der Waals surface area contributed by atoms with Crippen LogP contribution in [0.3, 0.4) is 0 Å². The number of aryl methyl sites for hydroxylation is 2. The molecule has 34 heavy (non-hydrogen) atoms. The topological polar surface area (TPSA) is 79.9 Å². The summed E-state index contributed by atoms with van der Waals surface area (Å²) >= 11 is 0. The molecule has 0 radical (unpaired) electrons. The Balaban J connectivity index is 1.37. The molecule has 0 aliphatic carbocycles. The van der Waals surface area contributed by atoms with Gasteiger partial charge in [-0.15, -0.1) is 0 Å². The van der Waals surface area contributed by atoms with Crippen LogP contribution in [0.15, 0.2) is 88.6 Å². The zero-order chi connectivity index (χ0) is 23.1. The number of hydrogen-bond donors (Lipinski definition) is 1. The number of rotatable bonds is 6. The second-order valence-electron chi connectivity index (χ2n) is 8.15. The maximum absolute atomic E-state index is 5.41. The van der Waals surface area contributed by atoms with E-state index in [0.29, 0.717) is 12.3 Å². The second kappa shape index (κ2) is 8.08. The standard InChI is InChI=1S/C26H22N6O2/c1-30-14-20(24-25(30)31(2)16-27-24)21-11-6-12-22(29-21)32(19-9-4-3-5-10-19)13-7-8-18-15-33-26-23(18)28-17-34-26/h3-12,14-17H,13H2,1-2H3/p+1. The van der Waals surface area contributed by atoms with Gasteiger partial charge in [0, 0.05) is 17.8 Å². The Kier molecular flexibility index (Phi) is 4.76. The Bertz CT molecular complexity index is 1620. The maximum Gasteiger partial charge on any atom is 0.318 e. The van der Waals surface area contributed by atoms with Crippen molar-refractivity contribution in [2.24, 2.45) is 14.1 Å². The van der Waals surface area contributed by atoms with Gasteiger partial charge in [0.1, 0.15) is 12.1 Å². The van der Waals surface area contributed by atoms with E-state index in [4.69, 9.17) is 13.8 Å². The molecule has 168 valence electrons. The number of pyridine rings is 1. The zero-order valence-corrected chi connectivity index (χ0v) is 18.8. The monoisotopic (exact) mass is 451 g/mol. The summed E-state index contributed by atoms with van der Waals surface area (Å²) in [6, 6.07) is 16.4. The lowest BCUT2D eigenvalue weighted by molar-refractivity contribution is -0.647. The molecule has 0 atom stereocenters. The third-order valence-corrected chi connectivity index (χ3v) is 5.93. The fourth-order valence-corrected chi connectivity index (χ4v) is 4.35. The van der Waals surface area contributed by atoms with E-state index in [1.807, 2.05) is 62.9 Å². The van der Waals surface area contributed by atoms with Crippen LogP contribution in [0.5, 0.6) is 0 Å². The van der Waals surface area contributed by atoms with Crippen LogP contribution >= 0.6 is 0 Å². The maximum atomic E-state index is 5.41. The third-order valence-electron chi connectivity index (χ3n) is 5.93. The third kappa shape index (κ3) is 3.36. The Morgan fingerprint density at radius 1 is 1.12 bits per heavy atom. The molecule has 0 fully saturated rings. The van der Waals surface area contributed by atoms with Crippen molar-refractivity contribution in [3.05, 3.63) is 85.4 Å². The molecule has 0 bridgehead atoms. The summed E-state index contributed by atoms with van der Waals surface area (Å²) < 4.78 is 14.8. The minimum Gasteiger partial charge on any atom is -0.432 e. The van der Waals surface area contributed by atoms with Gasteiger partial charge in [0.15, 0.2) is 23.8 Å². The van der Waals surface area contributed by atoms with Gasteiger partial charge in [-0.2, -0.15) is 0 Å². The average molecular weight is 452 g/mol. The minimum absolute atomic E-state index is 0.431.